The summed E-state index contributed by atoms with van der Waals surface area (Å²) in [7, 11) is 3.63. The van der Waals surface area contributed by atoms with E-state index < -0.39 is 0 Å². The van der Waals surface area contributed by atoms with Crippen LogP contribution in [0, 0.1) is 6.92 Å². The number of carbonyl (C=O) groups excluding carboxylic acids is 1. The molecule has 0 radical (unpaired) electrons. The van der Waals surface area contributed by atoms with Crippen molar-refractivity contribution in [1.29, 1.82) is 0 Å². The maximum absolute atomic E-state index is 12.8. The molecule has 0 saturated carbocycles. The molecule has 2 heterocycles. The molecule has 1 aromatic carbocycles. The van der Waals surface area contributed by atoms with Crippen molar-refractivity contribution in [3.8, 4) is 5.75 Å². The Morgan fingerprint density at radius 2 is 2.29 bits per heavy atom. The van der Waals surface area contributed by atoms with Gasteiger partial charge in [-0.1, -0.05) is 0 Å². The number of ether oxygens (including phenoxy) is 1. The third kappa shape index (κ3) is 3.76. The van der Waals surface area contributed by atoms with Crippen LogP contribution in [0.15, 0.2) is 23.6 Å². The third-order valence-corrected chi connectivity index (χ3v) is 5.03. The topological polar surface area (TPSA) is 45.7 Å². The number of aryl methyl sites for hydroxylation is 2. The van der Waals surface area contributed by atoms with Gasteiger partial charge < -0.3 is 9.64 Å². The number of fused-ring (bicyclic) bond motifs is 1. The van der Waals surface area contributed by atoms with Gasteiger partial charge in [0.05, 0.1) is 24.4 Å². The summed E-state index contributed by atoms with van der Waals surface area (Å²) in [5, 5.41) is 3.11. The first-order chi connectivity index (χ1) is 11.6. The molecule has 6 heteroatoms. The Kier molecular flexibility index (Phi) is 5.16. The molecule has 1 amide bonds. The van der Waals surface area contributed by atoms with Crippen LogP contribution in [-0.4, -0.2) is 43.0 Å². The Hall–Kier alpha value is -1.92. The summed E-state index contributed by atoms with van der Waals surface area (Å²) < 4.78 is 5.29. The van der Waals surface area contributed by atoms with E-state index >= 15 is 0 Å². The summed E-state index contributed by atoms with van der Waals surface area (Å²) in [5.74, 6) is 0.981. The fourth-order valence-electron chi connectivity index (χ4n) is 3.09. The summed E-state index contributed by atoms with van der Waals surface area (Å²) in [4.78, 5) is 21.1. The Labute approximate surface area is 146 Å². The van der Waals surface area contributed by atoms with Gasteiger partial charge in [0.2, 0.25) is 5.91 Å². The molecule has 0 fully saturated rings. The minimum atomic E-state index is 0.135. The first-order valence-corrected chi connectivity index (χ1v) is 9.01. The number of nitrogens with zero attached hydrogens (tertiary/aromatic N) is 3. The molecule has 0 aliphatic carbocycles. The summed E-state index contributed by atoms with van der Waals surface area (Å²) in [6, 6.07) is 5.96. The highest BCUT2D eigenvalue weighted by Crippen LogP contribution is 2.30. The van der Waals surface area contributed by atoms with Gasteiger partial charge in [-0.3, -0.25) is 9.69 Å². The lowest BCUT2D eigenvalue weighted by Gasteiger charge is -2.31. The first-order valence-electron chi connectivity index (χ1n) is 8.13. The van der Waals surface area contributed by atoms with Crippen LogP contribution in [-0.2, 0) is 17.8 Å². The van der Waals surface area contributed by atoms with Gasteiger partial charge in [-0.25, -0.2) is 4.98 Å². The van der Waals surface area contributed by atoms with Crippen LogP contribution >= 0.6 is 11.3 Å². The molecule has 2 aromatic rings. The van der Waals surface area contributed by atoms with E-state index in [1.54, 1.807) is 18.4 Å². The predicted octanol–water partition coefficient (Wildman–Crippen LogP) is 2.87. The van der Waals surface area contributed by atoms with E-state index in [9.17, 15) is 4.79 Å². The number of benzene rings is 1. The van der Waals surface area contributed by atoms with Crippen LogP contribution in [0.1, 0.15) is 22.7 Å². The molecule has 1 aliphatic heterocycles. The van der Waals surface area contributed by atoms with E-state index in [4.69, 9.17) is 4.74 Å². The van der Waals surface area contributed by atoms with E-state index in [0.717, 1.165) is 41.5 Å². The quantitative estimate of drug-likeness (QED) is 0.836. The molecule has 0 unspecified atom stereocenters. The van der Waals surface area contributed by atoms with Crippen LogP contribution in [0.25, 0.3) is 0 Å². The molecule has 0 N–H and O–H groups in total. The summed E-state index contributed by atoms with van der Waals surface area (Å²) in [5.41, 5.74) is 3.23. The zero-order chi connectivity index (χ0) is 17.1. The van der Waals surface area contributed by atoms with Crippen molar-refractivity contribution in [2.75, 3.05) is 32.1 Å². The monoisotopic (exact) mass is 345 g/mol. The number of hydrogen-bond acceptors (Lipinski definition) is 5. The normalized spacial score (nSPS) is 13.9. The summed E-state index contributed by atoms with van der Waals surface area (Å²) >= 11 is 1.64. The smallest absolute Gasteiger partial charge is 0.241 e. The van der Waals surface area contributed by atoms with Gasteiger partial charge in [0.15, 0.2) is 0 Å². The van der Waals surface area contributed by atoms with Gasteiger partial charge in [-0.15, -0.1) is 11.3 Å². The molecule has 1 aliphatic rings. The summed E-state index contributed by atoms with van der Waals surface area (Å²) in [6.07, 6.45) is 1.98. The Morgan fingerprint density at radius 3 is 3.00 bits per heavy atom. The van der Waals surface area contributed by atoms with Gasteiger partial charge in [0.1, 0.15) is 5.75 Å². The summed E-state index contributed by atoms with van der Waals surface area (Å²) in [6.45, 7) is 3.86. The third-order valence-electron chi connectivity index (χ3n) is 4.21. The molecule has 0 spiro atoms. The SMILES string of the molecule is COc1ccc2c(c1)CCCN2C(=O)CN(C)Cc1csc(C)n1. The highest BCUT2D eigenvalue weighted by atomic mass is 32.1. The number of likely N-dealkylation sites (N-methyl/N-ethyl adjacent to an activating group) is 1. The number of rotatable bonds is 5. The zero-order valence-corrected chi connectivity index (χ0v) is 15.2. The van der Waals surface area contributed by atoms with Crippen molar-refractivity contribution < 1.29 is 9.53 Å². The van der Waals surface area contributed by atoms with Crippen molar-refractivity contribution in [2.24, 2.45) is 0 Å². The second-order valence-corrected chi connectivity index (χ2v) is 7.24. The molecular weight excluding hydrogens is 322 g/mol. The number of anilines is 1. The number of amides is 1. The standard InChI is InChI=1S/C18H23N3O2S/c1-13-19-15(12-24-13)10-20(2)11-18(22)21-8-4-5-14-9-16(23-3)6-7-17(14)21/h6-7,9,12H,4-5,8,10-11H2,1-3H3. The fourth-order valence-corrected chi connectivity index (χ4v) is 3.69. The van der Waals surface area contributed by atoms with Gasteiger partial charge in [0, 0.05) is 24.2 Å². The molecule has 24 heavy (non-hydrogen) atoms. The second kappa shape index (κ2) is 7.32. The van der Waals surface area contributed by atoms with Crippen LogP contribution in [0.2, 0.25) is 0 Å². The Bertz CT molecular complexity index is 729. The number of thiazole rings is 1. The molecule has 3 rings (SSSR count). The van der Waals surface area contributed by atoms with E-state index in [2.05, 4.69) is 10.4 Å². The lowest BCUT2D eigenvalue weighted by Crippen LogP contribution is -2.41. The lowest BCUT2D eigenvalue weighted by atomic mass is 10.0. The minimum Gasteiger partial charge on any atom is -0.497 e. The zero-order valence-electron chi connectivity index (χ0n) is 14.4. The molecular formula is C18H23N3O2S. The van der Waals surface area contributed by atoms with Gasteiger partial charge in [0.25, 0.3) is 0 Å². The maximum Gasteiger partial charge on any atom is 0.241 e. The Balaban J connectivity index is 1.67. The van der Waals surface area contributed by atoms with Gasteiger partial charge >= 0.3 is 0 Å². The predicted molar refractivity (Wildman–Crippen MR) is 96.9 cm³/mol. The minimum absolute atomic E-state index is 0.135. The molecule has 128 valence electrons. The highest BCUT2D eigenvalue weighted by molar-refractivity contribution is 7.09. The van der Waals surface area contributed by atoms with Gasteiger partial charge in [-0.2, -0.15) is 0 Å². The molecule has 1 aromatic heterocycles. The van der Waals surface area contributed by atoms with Crippen LogP contribution in [0.4, 0.5) is 5.69 Å². The number of hydrogen-bond donors (Lipinski definition) is 0. The molecule has 5 nitrogen and oxygen atoms in total. The van der Waals surface area contributed by atoms with Crippen LogP contribution in [0.5, 0.6) is 5.75 Å². The average molecular weight is 345 g/mol. The largest absolute Gasteiger partial charge is 0.497 e. The van der Waals surface area contributed by atoms with Crippen molar-refractivity contribution in [2.45, 2.75) is 26.3 Å². The second-order valence-electron chi connectivity index (χ2n) is 6.17. The van der Waals surface area contributed by atoms with Crippen LogP contribution in [0.3, 0.4) is 0 Å². The van der Waals surface area contributed by atoms with Crippen molar-refractivity contribution >= 4 is 22.9 Å². The van der Waals surface area contributed by atoms with E-state index in [1.165, 1.54) is 5.56 Å². The van der Waals surface area contributed by atoms with Crippen molar-refractivity contribution in [3.05, 3.63) is 39.8 Å². The van der Waals surface area contributed by atoms with Gasteiger partial charge in [-0.05, 0) is 50.6 Å². The highest BCUT2D eigenvalue weighted by Gasteiger charge is 2.23. The number of aromatic nitrogens is 1. The van der Waals surface area contributed by atoms with E-state index in [0.29, 0.717) is 13.1 Å². The Morgan fingerprint density at radius 1 is 1.46 bits per heavy atom. The van der Waals surface area contributed by atoms with E-state index in [1.807, 2.05) is 42.0 Å². The van der Waals surface area contributed by atoms with Crippen molar-refractivity contribution in [1.82, 2.24) is 9.88 Å². The molecule has 0 saturated heterocycles. The fraction of sp³-hybridized carbons (Fsp3) is 0.444. The maximum atomic E-state index is 12.8. The van der Waals surface area contributed by atoms with E-state index in [-0.39, 0.29) is 5.91 Å². The number of methoxy groups -OCH3 is 1. The average Bonchev–Trinajstić information content (AvgIpc) is 2.98. The first kappa shape index (κ1) is 16.9. The molecule has 0 bridgehead atoms. The van der Waals surface area contributed by atoms with Crippen LogP contribution < -0.4 is 9.64 Å². The molecule has 0 atom stereocenters. The number of carbonyl (C=O) groups is 1. The van der Waals surface area contributed by atoms with Crippen molar-refractivity contribution in [3.63, 3.8) is 0 Å². The lowest BCUT2D eigenvalue weighted by molar-refractivity contribution is -0.119.